The van der Waals surface area contributed by atoms with E-state index >= 15 is 0 Å². The summed E-state index contributed by atoms with van der Waals surface area (Å²) in [5.41, 5.74) is 0.779. The third kappa shape index (κ3) is 4.10. The molecule has 2 heterocycles. The van der Waals surface area contributed by atoms with Crippen molar-refractivity contribution >= 4 is 11.9 Å². The van der Waals surface area contributed by atoms with Gasteiger partial charge in [-0.05, 0) is 24.3 Å². The average molecular weight is 284 g/mol. The van der Waals surface area contributed by atoms with Crippen molar-refractivity contribution in [2.75, 3.05) is 0 Å². The first-order valence-corrected chi connectivity index (χ1v) is 4.97. The average Bonchev–Trinajstić information content (AvgIpc) is 2.39. The largest absolute Gasteiger partial charge is 1.00 e. The van der Waals surface area contributed by atoms with Gasteiger partial charge in [-0.15, -0.1) is 0 Å². The van der Waals surface area contributed by atoms with Crippen LogP contribution in [0.3, 0.4) is 0 Å². The van der Waals surface area contributed by atoms with E-state index in [4.69, 9.17) is 10.2 Å². The smallest absolute Gasteiger partial charge is 0.870 e. The van der Waals surface area contributed by atoms with Crippen LogP contribution >= 0.6 is 0 Å². The van der Waals surface area contributed by atoms with E-state index in [-0.39, 0.29) is 46.2 Å². The van der Waals surface area contributed by atoms with Crippen LogP contribution in [0.15, 0.2) is 36.7 Å². The Morgan fingerprint density at radius 3 is 1.50 bits per heavy atom. The van der Waals surface area contributed by atoms with E-state index in [1.807, 2.05) is 0 Å². The first-order valence-electron chi connectivity index (χ1n) is 4.97. The molecule has 3 N–H and O–H groups in total. The van der Waals surface area contributed by atoms with Crippen molar-refractivity contribution in [3.05, 3.63) is 47.8 Å². The summed E-state index contributed by atoms with van der Waals surface area (Å²) in [6.45, 7) is 0. The molecule has 0 fully saturated rings. The zero-order chi connectivity index (χ0) is 13.1. The van der Waals surface area contributed by atoms with Gasteiger partial charge in [0.25, 0.3) is 0 Å². The summed E-state index contributed by atoms with van der Waals surface area (Å²) in [6, 6.07) is 5.40. The van der Waals surface area contributed by atoms with Crippen molar-refractivity contribution in [2.45, 2.75) is 0 Å². The number of carbonyl (C=O) groups is 2. The molecule has 0 radical (unpaired) electrons. The van der Waals surface area contributed by atoms with Crippen molar-refractivity contribution in [3.8, 4) is 11.4 Å². The van der Waals surface area contributed by atoms with Crippen LogP contribution in [0.4, 0.5) is 0 Å². The zero-order valence-corrected chi connectivity index (χ0v) is 12.5. The number of rotatable bonds is 3. The van der Waals surface area contributed by atoms with Crippen LogP contribution < -0.4 is 29.6 Å². The summed E-state index contributed by atoms with van der Waals surface area (Å²) < 4.78 is 0. The zero-order valence-electron chi connectivity index (χ0n) is 10.5. The summed E-state index contributed by atoms with van der Waals surface area (Å²) in [5.74, 6) is -2.15. The van der Waals surface area contributed by atoms with E-state index in [9.17, 15) is 9.59 Å². The maximum Gasteiger partial charge on any atom is 1.00 e. The van der Waals surface area contributed by atoms with Gasteiger partial charge < -0.3 is 15.7 Å². The number of carboxylic acids is 2. The summed E-state index contributed by atoms with van der Waals surface area (Å²) in [6.07, 6.45) is 2.68. The van der Waals surface area contributed by atoms with E-state index in [0.717, 1.165) is 0 Å². The van der Waals surface area contributed by atoms with Gasteiger partial charge in [-0.2, -0.15) is 0 Å². The monoisotopic (exact) mass is 284 g/mol. The third-order valence-corrected chi connectivity index (χ3v) is 2.28. The Labute approximate surface area is 135 Å². The van der Waals surface area contributed by atoms with Crippen molar-refractivity contribution < 1.29 is 54.8 Å². The van der Waals surface area contributed by atoms with Crippen LogP contribution in [-0.2, 0) is 0 Å². The van der Waals surface area contributed by atoms with Gasteiger partial charge in [0.05, 0.1) is 22.5 Å². The molecular weight excluding hydrogens is 275 g/mol. The summed E-state index contributed by atoms with van der Waals surface area (Å²) >= 11 is 0. The quantitative estimate of drug-likeness (QED) is 0.647. The molecule has 0 bridgehead atoms. The molecule has 0 saturated heterocycles. The predicted molar refractivity (Wildman–Crippen MR) is 63.3 cm³/mol. The first-order chi connectivity index (χ1) is 8.58. The van der Waals surface area contributed by atoms with E-state index < -0.39 is 11.9 Å². The fraction of sp³-hybridized carbons (Fsp3) is 0. The van der Waals surface area contributed by atoms with Gasteiger partial charge in [0, 0.05) is 12.4 Å². The third-order valence-electron chi connectivity index (χ3n) is 2.28. The molecule has 20 heavy (non-hydrogen) atoms. The van der Waals surface area contributed by atoms with Gasteiger partial charge in [0.15, 0.2) is 0 Å². The van der Waals surface area contributed by atoms with Crippen LogP contribution in [0.1, 0.15) is 20.7 Å². The molecule has 0 unspecified atom stereocenters. The minimum absolute atomic E-state index is 0. The van der Waals surface area contributed by atoms with Crippen molar-refractivity contribution in [1.82, 2.24) is 9.97 Å². The first kappa shape index (κ1) is 18.2. The fourth-order valence-corrected chi connectivity index (χ4v) is 1.41. The van der Waals surface area contributed by atoms with Crippen LogP contribution in [0.2, 0.25) is 0 Å². The molecular formula is C12H9N2NaO5. The van der Waals surface area contributed by atoms with E-state index in [2.05, 4.69) is 9.97 Å². The molecule has 98 valence electrons. The van der Waals surface area contributed by atoms with Gasteiger partial charge in [-0.25, -0.2) is 9.59 Å². The Morgan fingerprint density at radius 1 is 0.850 bits per heavy atom. The molecule has 2 aromatic heterocycles. The Morgan fingerprint density at radius 2 is 1.20 bits per heavy atom. The number of aromatic carboxylic acids is 2. The van der Waals surface area contributed by atoms with Crippen LogP contribution in [0.25, 0.3) is 11.4 Å². The van der Waals surface area contributed by atoms with E-state index in [1.165, 1.54) is 36.7 Å². The topological polar surface area (TPSA) is 130 Å². The molecule has 0 amide bonds. The van der Waals surface area contributed by atoms with Crippen LogP contribution in [0.5, 0.6) is 0 Å². The Kier molecular flexibility index (Phi) is 7.01. The molecule has 8 heteroatoms. The van der Waals surface area contributed by atoms with Gasteiger partial charge in [0.2, 0.25) is 0 Å². The Hall–Kier alpha value is -1.80. The molecule has 2 rings (SSSR count). The minimum Gasteiger partial charge on any atom is -0.870 e. The minimum atomic E-state index is -1.08. The summed E-state index contributed by atoms with van der Waals surface area (Å²) in [5, 5.41) is 17.7. The Bertz CT molecular complexity index is 577. The number of hydrogen-bond donors (Lipinski definition) is 2. The number of hydrogen-bond acceptors (Lipinski definition) is 5. The molecule has 0 aliphatic heterocycles. The molecule has 0 aliphatic rings. The van der Waals surface area contributed by atoms with Gasteiger partial charge in [0.1, 0.15) is 0 Å². The molecule has 0 saturated carbocycles. The molecule has 0 atom stereocenters. The normalized spacial score (nSPS) is 9.00. The number of nitrogens with zero attached hydrogens (tertiary/aromatic N) is 2. The maximum absolute atomic E-state index is 10.8. The van der Waals surface area contributed by atoms with Crippen LogP contribution in [-0.4, -0.2) is 37.6 Å². The number of aromatic nitrogens is 2. The van der Waals surface area contributed by atoms with Gasteiger partial charge >= 0.3 is 41.5 Å². The summed E-state index contributed by atoms with van der Waals surface area (Å²) in [7, 11) is 0. The molecule has 0 spiro atoms. The number of pyridine rings is 2. The van der Waals surface area contributed by atoms with Crippen molar-refractivity contribution in [3.63, 3.8) is 0 Å². The van der Waals surface area contributed by atoms with Gasteiger partial charge in [-0.3, -0.25) is 9.97 Å². The molecule has 0 aliphatic carbocycles. The predicted octanol–water partition coefficient (Wildman–Crippen LogP) is -1.63. The standard InChI is InChI=1S/C12H8N2O4.Na.H2O/c15-11(16)7-1-3-13-9(5-7)10-6-8(12(17)18)2-4-14-10;;/h1-6H,(H,15,16)(H,17,18);;1H2/q;+1;/p-1. The van der Waals surface area contributed by atoms with Crippen molar-refractivity contribution in [1.29, 1.82) is 0 Å². The summed E-state index contributed by atoms with van der Waals surface area (Å²) in [4.78, 5) is 29.6. The second-order valence-electron chi connectivity index (χ2n) is 3.47. The molecule has 7 nitrogen and oxygen atoms in total. The van der Waals surface area contributed by atoms with Gasteiger partial charge in [-0.1, -0.05) is 0 Å². The number of carboxylic acid groups (broad SMARTS) is 2. The second-order valence-corrected chi connectivity index (χ2v) is 3.47. The van der Waals surface area contributed by atoms with Crippen molar-refractivity contribution in [2.24, 2.45) is 0 Å². The molecule has 2 aromatic rings. The van der Waals surface area contributed by atoms with E-state index in [1.54, 1.807) is 0 Å². The fourth-order valence-electron chi connectivity index (χ4n) is 1.41. The Balaban J connectivity index is 0.00000180. The van der Waals surface area contributed by atoms with E-state index in [0.29, 0.717) is 11.4 Å². The van der Waals surface area contributed by atoms with Crippen LogP contribution in [0, 0.1) is 0 Å². The second kappa shape index (κ2) is 7.71. The molecule has 0 aromatic carbocycles. The maximum atomic E-state index is 10.8. The SMILES string of the molecule is O=C(O)c1ccnc(-c2cc(C(=O)O)ccn2)c1.[Na+].[OH-].